The van der Waals surface area contributed by atoms with Gasteiger partial charge in [0, 0.05) is 23.0 Å². The molecular formula is C20H21Cl2NO3. The first-order valence-electron chi connectivity index (χ1n) is 8.27. The maximum Gasteiger partial charge on any atom is 0.255 e. The molecule has 0 spiro atoms. The minimum atomic E-state index is -0.221. The molecule has 2 aromatic carbocycles. The second kappa shape index (κ2) is 7.01. The summed E-state index contributed by atoms with van der Waals surface area (Å²) in [6, 6.07) is 11.0. The summed E-state index contributed by atoms with van der Waals surface area (Å²) >= 11 is 12.2. The van der Waals surface area contributed by atoms with E-state index in [0.717, 1.165) is 5.56 Å². The molecule has 3 rings (SSSR count). The summed E-state index contributed by atoms with van der Waals surface area (Å²) in [6.07, 6.45) is 0. The largest absolute Gasteiger partial charge is 0.496 e. The zero-order valence-corrected chi connectivity index (χ0v) is 16.6. The van der Waals surface area contributed by atoms with Crippen molar-refractivity contribution in [2.45, 2.75) is 25.8 Å². The highest BCUT2D eigenvalue weighted by molar-refractivity contribution is 6.32. The molecule has 2 aromatic rings. The Hall–Kier alpha value is -1.91. The molecule has 0 heterocycles. The lowest BCUT2D eigenvalue weighted by Gasteiger charge is -2.13. The molecule has 1 aliphatic rings. The Morgan fingerprint density at radius 1 is 1.04 bits per heavy atom. The van der Waals surface area contributed by atoms with E-state index in [9.17, 15) is 4.79 Å². The van der Waals surface area contributed by atoms with Gasteiger partial charge in [0.25, 0.3) is 5.91 Å². The van der Waals surface area contributed by atoms with Crippen molar-refractivity contribution in [3.63, 3.8) is 0 Å². The highest BCUT2D eigenvalue weighted by Crippen LogP contribution is 2.58. The Kier molecular flexibility index (Phi) is 5.09. The molecule has 0 radical (unpaired) electrons. The number of hydrogen-bond acceptors (Lipinski definition) is 3. The first-order chi connectivity index (χ1) is 12.3. The molecule has 0 saturated heterocycles. The molecule has 26 heavy (non-hydrogen) atoms. The topological polar surface area (TPSA) is 47.6 Å². The number of carbonyl (C=O) groups excluding carboxylic acids is 1. The van der Waals surface area contributed by atoms with Crippen molar-refractivity contribution in [1.82, 2.24) is 5.32 Å². The van der Waals surface area contributed by atoms with Gasteiger partial charge >= 0.3 is 0 Å². The maximum atomic E-state index is 12.8. The lowest BCUT2D eigenvalue weighted by Crippen LogP contribution is -2.29. The van der Waals surface area contributed by atoms with E-state index in [2.05, 4.69) is 19.2 Å². The van der Waals surface area contributed by atoms with Crippen LogP contribution in [0.4, 0.5) is 0 Å². The van der Waals surface area contributed by atoms with Gasteiger partial charge < -0.3 is 14.8 Å². The Labute approximate surface area is 163 Å². The van der Waals surface area contributed by atoms with Crippen LogP contribution in [0, 0.1) is 5.41 Å². The zero-order valence-electron chi connectivity index (χ0n) is 15.1. The van der Waals surface area contributed by atoms with Crippen LogP contribution in [-0.2, 0) is 0 Å². The number of ether oxygens (including phenoxy) is 2. The molecule has 138 valence electrons. The Morgan fingerprint density at radius 3 is 2.23 bits per heavy atom. The number of methoxy groups -OCH3 is 2. The van der Waals surface area contributed by atoms with E-state index >= 15 is 0 Å². The van der Waals surface area contributed by atoms with Gasteiger partial charge in [-0.25, -0.2) is 0 Å². The van der Waals surface area contributed by atoms with Crippen LogP contribution >= 0.6 is 23.2 Å². The number of carbonyl (C=O) groups is 1. The number of rotatable bonds is 5. The maximum absolute atomic E-state index is 12.8. The van der Waals surface area contributed by atoms with Crippen LogP contribution in [0.2, 0.25) is 10.0 Å². The molecule has 2 atom stereocenters. The Balaban J connectivity index is 1.82. The van der Waals surface area contributed by atoms with E-state index < -0.39 is 0 Å². The molecule has 0 aromatic heterocycles. The van der Waals surface area contributed by atoms with Crippen molar-refractivity contribution in [1.29, 1.82) is 0 Å². The van der Waals surface area contributed by atoms with Gasteiger partial charge in [-0.2, -0.15) is 0 Å². The molecule has 0 bridgehead atoms. The smallest absolute Gasteiger partial charge is 0.255 e. The van der Waals surface area contributed by atoms with Crippen molar-refractivity contribution in [2.24, 2.45) is 5.41 Å². The number of nitrogens with one attached hydrogen (secondary N) is 1. The van der Waals surface area contributed by atoms with Crippen LogP contribution in [0.25, 0.3) is 0 Å². The van der Waals surface area contributed by atoms with E-state index in [4.69, 9.17) is 32.7 Å². The van der Waals surface area contributed by atoms with E-state index in [-0.39, 0.29) is 23.3 Å². The van der Waals surface area contributed by atoms with Crippen LogP contribution in [-0.4, -0.2) is 26.2 Å². The molecule has 0 unspecified atom stereocenters. The molecule has 1 fully saturated rings. The first-order valence-corrected chi connectivity index (χ1v) is 9.03. The number of amides is 1. The van der Waals surface area contributed by atoms with Crippen LogP contribution in [0.1, 0.15) is 35.7 Å². The highest BCUT2D eigenvalue weighted by Gasteiger charge is 2.59. The average molecular weight is 394 g/mol. The molecule has 1 aliphatic carbocycles. The third-order valence-corrected chi connectivity index (χ3v) is 5.61. The minimum Gasteiger partial charge on any atom is -0.496 e. The van der Waals surface area contributed by atoms with Crippen LogP contribution < -0.4 is 14.8 Å². The third-order valence-electron chi connectivity index (χ3n) is 5.06. The van der Waals surface area contributed by atoms with Crippen molar-refractivity contribution in [2.75, 3.05) is 14.2 Å². The predicted octanol–water partition coefficient (Wildman–Crippen LogP) is 4.93. The first kappa shape index (κ1) is 18.9. The molecule has 1 amide bonds. The second-order valence-corrected chi connectivity index (χ2v) is 7.83. The molecule has 4 nitrogen and oxygen atoms in total. The van der Waals surface area contributed by atoms with E-state index in [1.165, 1.54) is 14.2 Å². The normalized spacial score (nSPS) is 20.4. The fourth-order valence-corrected chi connectivity index (χ4v) is 3.82. The zero-order chi connectivity index (χ0) is 19.1. The molecule has 1 saturated carbocycles. The summed E-state index contributed by atoms with van der Waals surface area (Å²) < 4.78 is 10.5. The van der Waals surface area contributed by atoms with Crippen LogP contribution in [0.5, 0.6) is 11.5 Å². The molecule has 1 N–H and O–H groups in total. The molecule has 0 aliphatic heterocycles. The van der Waals surface area contributed by atoms with Gasteiger partial charge in [-0.15, -0.1) is 0 Å². The second-order valence-electron chi connectivity index (χ2n) is 6.99. The van der Waals surface area contributed by atoms with Crippen LogP contribution in [0.3, 0.4) is 0 Å². The summed E-state index contributed by atoms with van der Waals surface area (Å²) in [4.78, 5) is 12.8. The van der Waals surface area contributed by atoms with Gasteiger partial charge in [-0.05, 0) is 29.2 Å². The summed E-state index contributed by atoms with van der Waals surface area (Å²) in [6.45, 7) is 4.27. The van der Waals surface area contributed by atoms with Crippen molar-refractivity contribution < 1.29 is 14.3 Å². The van der Waals surface area contributed by atoms with E-state index in [1.807, 2.05) is 24.3 Å². The quantitative estimate of drug-likeness (QED) is 0.782. The van der Waals surface area contributed by atoms with Gasteiger partial charge in [-0.1, -0.05) is 49.2 Å². The average Bonchev–Trinajstić information content (AvgIpc) is 3.15. The fourth-order valence-electron chi connectivity index (χ4n) is 3.46. The summed E-state index contributed by atoms with van der Waals surface area (Å²) in [5.41, 5.74) is 1.49. The minimum absolute atomic E-state index is 0.0155. The number of halogens is 2. The predicted molar refractivity (Wildman–Crippen MR) is 104 cm³/mol. The number of hydrogen-bond donors (Lipinski definition) is 1. The summed E-state index contributed by atoms with van der Waals surface area (Å²) in [7, 11) is 3.03. The molecule has 6 heteroatoms. The SMILES string of the molecule is COc1cc(OC)c(C(=O)N[C@@H]2[C@@H](c3ccc(Cl)cc3)C2(C)C)cc1Cl. The third kappa shape index (κ3) is 3.36. The van der Waals surface area contributed by atoms with Crippen molar-refractivity contribution in [3.8, 4) is 11.5 Å². The molecular weight excluding hydrogens is 373 g/mol. The Morgan fingerprint density at radius 2 is 1.65 bits per heavy atom. The lowest BCUT2D eigenvalue weighted by atomic mass is 10.0. The summed E-state index contributed by atoms with van der Waals surface area (Å²) in [5.74, 6) is 0.889. The fraction of sp³-hybridized carbons (Fsp3) is 0.350. The van der Waals surface area contributed by atoms with Gasteiger partial charge in [0.2, 0.25) is 0 Å². The Bertz CT molecular complexity index is 834. The van der Waals surface area contributed by atoms with Gasteiger partial charge in [0.1, 0.15) is 11.5 Å². The van der Waals surface area contributed by atoms with Gasteiger partial charge in [0.05, 0.1) is 24.8 Å². The monoisotopic (exact) mass is 393 g/mol. The van der Waals surface area contributed by atoms with Crippen molar-refractivity contribution >= 4 is 29.1 Å². The van der Waals surface area contributed by atoms with E-state index in [1.54, 1.807) is 12.1 Å². The number of benzene rings is 2. The van der Waals surface area contributed by atoms with Crippen molar-refractivity contribution in [3.05, 3.63) is 57.6 Å². The van der Waals surface area contributed by atoms with Gasteiger partial charge in [0.15, 0.2) is 0 Å². The standard InChI is InChI=1S/C20H21Cl2NO3/c1-20(2)17(11-5-7-12(21)8-6-11)18(20)23-19(24)13-9-14(22)16(26-4)10-15(13)25-3/h5-10,17-18H,1-4H3,(H,23,24)/t17-,18-/m1/s1. The van der Waals surface area contributed by atoms with Gasteiger partial charge in [-0.3, -0.25) is 4.79 Å². The summed E-state index contributed by atoms with van der Waals surface area (Å²) in [5, 5.41) is 4.17. The van der Waals surface area contributed by atoms with Crippen LogP contribution in [0.15, 0.2) is 36.4 Å². The lowest BCUT2D eigenvalue weighted by molar-refractivity contribution is 0.0943. The van der Waals surface area contributed by atoms with E-state index in [0.29, 0.717) is 27.1 Å². The highest BCUT2D eigenvalue weighted by atomic mass is 35.5.